The molecule has 6 nitrogen and oxygen atoms in total. The molecule has 8 heteroatoms. The fourth-order valence-corrected chi connectivity index (χ4v) is 2.59. The van der Waals surface area contributed by atoms with Crippen molar-refractivity contribution in [3.63, 3.8) is 0 Å². The molecule has 0 fully saturated rings. The number of benzene rings is 1. The summed E-state index contributed by atoms with van der Waals surface area (Å²) >= 11 is 11.9. The molecule has 1 aromatic carbocycles. The van der Waals surface area contributed by atoms with Crippen LogP contribution >= 0.6 is 23.2 Å². The van der Waals surface area contributed by atoms with Crippen molar-refractivity contribution in [1.82, 2.24) is 9.78 Å². The molecule has 0 radical (unpaired) electrons. The van der Waals surface area contributed by atoms with Crippen molar-refractivity contribution in [3.05, 3.63) is 63.8 Å². The molecular formula is C17H15Cl2N3O3. The number of carbonyl (C=O) groups excluding carboxylic acids is 1. The Morgan fingerprint density at radius 2 is 2.12 bits per heavy atom. The zero-order valence-electron chi connectivity index (χ0n) is 13.5. The van der Waals surface area contributed by atoms with Crippen LogP contribution in [-0.4, -0.2) is 15.7 Å². The smallest absolute Gasteiger partial charge is 0.291 e. The number of aryl methyl sites for hydroxylation is 1. The zero-order chi connectivity index (χ0) is 18.0. The molecule has 0 aliphatic rings. The number of amides is 1. The van der Waals surface area contributed by atoms with E-state index in [4.69, 9.17) is 32.4 Å². The van der Waals surface area contributed by atoms with E-state index in [0.29, 0.717) is 27.2 Å². The molecule has 1 amide bonds. The van der Waals surface area contributed by atoms with Gasteiger partial charge in [-0.1, -0.05) is 23.2 Å². The lowest BCUT2D eigenvalue weighted by molar-refractivity contribution is 0.0992. The lowest BCUT2D eigenvalue weighted by Crippen LogP contribution is -2.11. The van der Waals surface area contributed by atoms with Crippen LogP contribution in [0.5, 0.6) is 5.75 Å². The Hall–Kier alpha value is -2.44. The molecule has 1 N–H and O–H groups in total. The van der Waals surface area contributed by atoms with E-state index in [1.54, 1.807) is 48.3 Å². The Morgan fingerprint density at radius 3 is 2.80 bits per heavy atom. The number of anilines is 1. The highest BCUT2D eigenvalue weighted by Gasteiger charge is 2.14. The normalized spacial score (nSPS) is 10.7. The van der Waals surface area contributed by atoms with Gasteiger partial charge in [-0.25, -0.2) is 0 Å². The molecule has 0 aliphatic heterocycles. The van der Waals surface area contributed by atoms with Crippen LogP contribution < -0.4 is 10.1 Å². The summed E-state index contributed by atoms with van der Waals surface area (Å²) in [7, 11) is 1.80. The Balaban J connectivity index is 1.63. The van der Waals surface area contributed by atoms with E-state index >= 15 is 0 Å². The van der Waals surface area contributed by atoms with Gasteiger partial charge in [-0.3, -0.25) is 9.48 Å². The molecule has 0 atom stereocenters. The average molecular weight is 380 g/mol. The van der Waals surface area contributed by atoms with Crippen molar-refractivity contribution in [2.24, 2.45) is 7.05 Å². The van der Waals surface area contributed by atoms with Gasteiger partial charge < -0.3 is 14.5 Å². The van der Waals surface area contributed by atoms with Gasteiger partial charge in [0.25, 0.3) is 5.91 Å². The molecule has 2 aromatic heterocycles. The summed E-state index contributed by atoms with van der Waals surface area (Å²) in [4.78, 5) is 12.2. The number of halogens is 2. The molecule has 3 rings (SSSR count). The highest BCUT2D eigenvalue weighted by Crippen LogP contribution is 2.28. The van der Waals surface area contributed by atoms with Gasteiger partial charge in [-0.15, -0.1) is 0 Å². The number of carbonyl (C=O) groups is 1. The van der Waals surface area contributed by atoms with Crippen molar-refractivity contribution in [1.29, 1.82) is 0 Å². The molecule has 0 spiro atoms. The lowest BCUT2D eigenvalue weighted by Gasteiger charge is -2.06. The third-order valence-corrected chi connectivity index (χ3v) is 4.16. The molecule has 0 unspecified atom stereocenters. The minimum Gasteiger partial charge on any atom is -0.484 e. The van der Waals surface area contributed by atoms with Crippen molar-refractivity contribution in [2.45, 2.75) is 13.5 Å². The summed E-state index contributed by atoms with van der Waals surface area (Å²) in [5, 5.41) is 7.77. The van der Waals surface area contributed by atoms with Gasteiger partial charge in [0.1, 0.15) is 18.1 Å². The van der Waals surface area contributed by atoms with E-state index in [1.165, 1.54) is 0 Å². The molecule has 130 valence electrons. The second-order valence-electron chi connectivity index (χ2n) is 5.35. The maximum Gasteiger partial charge on any atom is 0.291 e. The van der Waals surface area contributed by atoms with E-state index in [0.717, 1.165) is 5.69 Å². The predicted molar refractivity (Wildman–Crippen MR) is 95.4 cm³/mol. The van der Waals surface area contributed by atoms with E-state index in [1.807, 2.05) is 6.92 Å². The fraction of sp³-hybridized carbons (Fsp3) is 0.176. The van der Waals surface area contributed by atoms with E-state index in [2.05, 4.69) is 10.4 Å². The summed E-state index contributed by atoms with van der Waals surface area (Å²) in [6.07, 6.45) is 1.59. The van der Waals surface area contributed by atoms with Crippen LogP contribution in [0.2, 0.25) is 10.0 Å². The summed E-state index contributed by atoms with van der Waals surface area (Å²) in [5.41, 5.74) is 1.48. The van der Waals surface area contributed by atoms with Crippen LogP contribution in [0.4, 0.5) is 5.69 Å². The Bertz CT molecular complexity index is 918. The first kappa shape index (κ1) is 17.4. The van der Waals surface area contributed by atoms with Gasteiger partial charge in [-0.05, 0) is 37.3 Å². The first-order chi connectivity index (χ1) is 11.9. The SMILES string of the molecule is Cc1c(NC(=O)c2ccc(COc3ccc(Cl)cc3Cl)o2)cnn1C. The first-order valence-electron chi connectivity index (χ1n) is 7.40. The van der Waals surface area contributed by atoms with Gasteiger partial charge >= 0.3 is 0 Å². The quantitative estimate of drug-likeness (QED) is 0.710. The first-order valence-corrected chi connectivity index (χ1v) is 8.16. The minimum absolute atomic E-state index is 0.139. The van der Waals surface area contributed by atoms with Gasteiger partial charge in [0.15, 0.2) is 5.76 Å². The number of furan rings is 1. The lowest BCUT2D eigenvalue weighted by atomic mass is 10.3. The van der Waals surface area contributed by atoms with Crippen LogP contribution in [0.15, 0.2) is 40.9 Å². The summed E-state index contributed by atoms with van der Waals surface area (Å²) < 4.78 is 12.8. The fourth-order valence-electron chi connectivity index (χ4n) is 2.12. The van der Waals surface area contributed by atoms with Crippen LogP contribution in [0.25, 0.3) is 0 Å². The third-order valence-electron chi connectivity index (χ3n) is 3.63. The molecule has 2 heterocycles. The number of nitrogens with zero attached hydrogens (tertiary/aromatic N) is 2. The molecule has 25 heavy (non-hydrogen) atoms. The summed E-state index contributed by atoms with van der Waals surface area (Å²) in [5.74, 6) is 0.814. The Labute approximate surface area is 154 Å². The van der Waals surface area contributed by atoms with Crippen LogP contribution in [0.3, 0.4) is 0 Å². The monoisotopic (exact) mass is 379 g/mol. The number of hydrogen-bond donors (Lipinski definition) is 1. The van der Waals surface area contributed by atoms with Crippen LogP contribution in [-0.2, 0) is 13.7 Å². The summed E-state index contributed by atoms with van der Waals surface area (Å²) in [6.45, 7) is 2.00. The van der Waals surface area contributed by atoms with Gasteiger partial charge in [0, 0.05) is 12.1 Å². The third kappa shape index (κ3) is 3.97. The van der Waals surface area contributed by atoms with Gasteiger partial charge in [0.2, 0.25) is 0 Å². The van der Waals surface area contributed by atoms with Crippen molar-refractivity contribution in [3.8, 4) is 5.75 Å². The molecule has 0 saturated carbocycles. The van der Waals surface area contributed by atoms with Crippen molar-refractivity contribution >= 4 is 34.8 Å². The van der Waals surface area contributed by atoms with Crippen LogP contribution in [0.1, 0.15) is 22.0 Å². The second-order valence-corrected chi connectivity index (χ2v) is 6.19. The number of hydrogen-bond acceptors (Lipinski definition) is 4. The Kier molecular flexibility index (Phi) is 5.01. The average Bonchev–Trinajstić information content (AvgIpc) is 3.16. The van der Waals surface area contributed by atoms with Crippen LogP contribution in [0, 0.1) is 6.92 Å². The largest absolute Gasteiger partial charge is 0.484 e. The minimum atomic E-state index is -0.355. The standard InChI is InChI=1S/C17H15Cl2N3O3/c1-10-14(8-20-22(10)2)21-17(23)16-6-4-12(25-16)9-24-15-5-3-11(18)7-13(15)19/h3-8H,9H2,1-2H3,(H,21,23). The number of aromatic nitrogens is 2. The van der Waals surface area contributed by atoms with E-state index in [9.17, 15) is 4.79 Å². The Morgan fingerprint density at radius 1 is 1.32 bits per heavy atom. The summed E-state index contributed by atoms with van der Waals surface area (Å²) in [6, 6.07) is 8.21. The van der Waals surface area contributed by atoms with Crippen molar-refractivity contribution in [2.75, 3.05) is 5.32 Å². The molecular weight excluding hydrogens is 365 g/mol. The second kappa shape index (κ2) is 7.21. The zero-order valence-corrected chi connectivity index (χ0v) is 15.1. The maximum atomic E-state index is 12.2. The molecule has 0 bridgehead atoms. The highest BCUT2D eigenvalue weighted by atomic mass is 35.5. The highest BCUT2D eigenvalue weighted by molar-refractivity contribution is 6.35. The number of ether oxygens (including phenoxy) is 1. The van der Waals surface area contributed by atoms with E-state index < -0.39 is 0 Å². The predicted octanol–water partition coefficient (Wildman–Crippen LogP) is 4.46. The number of nitrogens with one attached hydrogen (secondary N) is 1. The molecule has 3 aromatic rings. The van der Waals surface area contributed by atoms with E-state index in [-0.39, 0.29) is 18.3 Å². The number of rotatable bonds is 5. The maximum absolute atomic E-state index is 12.2. The topological polar surface area (TPSA) is 69.3 Å². The molecule has 0 aliphatic carbocycles. The van der Waals surface area contributed by atoms with Gasteiger partial charge in [0.05, 0.1) is 22.6 Å². The van der Waals surface area contributed by atoms with Crippen molar-refractivity contribution < 1.29 is 13.9 Å². The molecule has 0 saturated heterocycles. The van der Waals surface area contributed by atoms with Gasteiger partial charge in [-0.2, -0.15) is 5.10 Å².